The van der Waals surface area contributed by atoms with Crippen molar-refractivity contribution in [3.63, 3.8) is 0 Å². The molecule has 2 amide bonds. The summed E-state index contributed by atoms with van der Waals surface area (Å²) in [6.07, 6.45) is 0.930. The molecule has 1 heterocycles. The number of rotatable bonds is 6. The lowest BCUT2D eigenvalue weighted by Gasteiger charge is -2.30. The molecule has 1 saturated heterocycles. The molecule has 148 valence electrons. The lowest BCUT2D eigenvalue weighted by molar-refractivity contribution is -0.132. The summed E-state index contributed by atoms with van der Waals surface area (Å²) in [5.41, 5.74) is 2.10. The van der Waals surface area contributed by atoms with Crippen LogP contribution in [0.25, 0.3) is 0 Å². The van der Waals surface area contributed by atoms with Gasteiger partial charge in [-0.05, 0) is 29.7 Å². The van der Waals surface area contributed by atoms with Crippen LogP contribution in [0.15, 0.2) is 48.5 Å². The molecule has 1 N–H and O–H groups in total. The van der Waals surface area contributed by atoms with E-state index in [2.05, 4.69) is 12.2 Å². The molecular weight excluding hydrogens is 357 g/mol. The Labute approximate surface area is 165 Å². The second-order valence-corrected chi connectivity index (χ2v) is 6.94. The fourth-order valence-corrected chi connectivity index (χ4v) is 3.28. The molecule has 6 heteroatoms. The van der Waals surface area contributed by atoms with Gasteiger partial charge in [0.15, 0.2) is 0 Å². The molecule has 2 aromatic carbocycles. The van der Waals surface area contributed by atoms with E-state index in [4.69, 9.17) is 0 Å². The number of halogens is 1. The van der Waals surface area contributed by atoms with Gasteiger partial charge in [0.05, 0.1) is 5.56 Å². The molecule has 28 heavy (non-hydrogen) atoms. The highest BCUT2D eigenvalue weighted by Gasteiger charge is 2.25. The number of hydrogen-bond acceptors (Lipinski definition) is 3. The highest BCUT2D eigenvalue weighted by atomic mass is 19.1. The minimum Gasteiger partial charge on any atom is -0.339 e. The highest BCUT2D eigenvalue weighted by molar-refractivity contribution is 5.96. The lowest BCUT2D eigenvalue weighted by Crippen LogP contribution is -2.50. The van der Waals surface area contributed by atoms with Gasteiger partial charge in [-0.2, -0.15) is 0 Å². The molecular formula is C22H26FN3O2. The van der Waals surface area contributed by atoms with Crippen LogP contribution in [0.3, 0.4) is 0 Å². The summed E-state index contributed by atoms with van der Waals surface area (Å²) >= 11 is 0. The van der Waals surface area contributed by atoms with Gasteiger partial charge in [0, 0.05) is 32.7 Å². The third kappa shape index (κ3) is 4.95. The van der Waals surface area contributed by atoms with E-state index in [1.165, 1.54) is 22.6 Å². The van der Waals surface area contributed by atoms with Crippen molar-refractivity contribution in [3.8, 4) is 0 Å². The third-order valence-electron chi connectivity index (χ3n) is 4.99. The Morgan fingerprint density at radius 1 is 1.04 bits per heavy atom. The smallest absolute Gasteiger partial charge is 0.257 e. The third-order valence-corrected chi connectivity index (χ3v) is 4.99. The zero-order valence-corrected chi connectivity index (χ0v) is 16.2. The van der Waals surface area contributed by atoms with E-state index in [1.54, 1.807) is 17.0 Å². The molecule has 1 aliphatic rings. The zero-order valence-electron chi connectivity index (χ0n) is 16.2. The van der Waals surface area contributed by atoms with Gasteiger partial charge in [0.1, 0.15) is 12.4 Å². The first-order chi connectivity index (χ1) is 13.6. The van der Waals surface area contributed by atoms with Crippen LogP contribution < -0.4 is 5.32 Å². The van der Waals surface area contributed by atoms with Gasteiger partial charge in [0.2, 0.25) is 5.91 Å². The maximum atomic E-state index is 14.2. The maximum absolute atomic E-state index is 14.2. The fraction of sp³-hybridized carbons (Fsp3) is 0.364. The zero-order chi connectivity index (χ0) is 19.9. The Morgan fingerprint density at radius 2 is 1.68 bits per heavy atom. The largest absolute Gasteiger partial charge is 0.339 e. The Bertz CT molecular complexity index is 817. The summed E-state index contributed by atoms with van der Waals surface area (Å²) in [5.74, 6) is -1.16. The van der Waals surface area contributed by atoms with Crippen molar-refractivity contribution in [1.82, 2.24) is 15.1 Å². The number of nitrogens with zero attached hydrogens (tertiary/aromatic N) is 2. The van der Waals surface area contributed by atoms with E-state index in [9.17, 15) is 14.0 Å². The van der Waals surface area contributed by atoms with Crippen molar-refractivity contribution < 1.29 is 14.0 Å². The van der Waals surface area contributed by atoms with Crippen LogP contribution in [0.2, 0.25) is 0 Å². The number of hydrogen-bond donors (Lipinski definition) is 1. The van der Waals surface area contributed by atoms with E-state index in [-0.39, 0.29) is 24.6 Å². The predicted octanol–water partition coefficient (Wildman–Crippen LogP) is 2.46. The topological polar surface area (TPSA) is 52.7 Å². The van der Waals surface area contributed by atoms with Crippen molar-refractivity contribution in [2.45, 2.75) is 19.9 Å². The van der Waals surface area contributed by atoms with Crippen molar-refractivity contribution in [2.75, 3.05) is 32.7 Å². The molecule has 1 fully saturated rings. The van der Waals surface area contributed by atoms with Crippen LogP contribution >= 0.6 is 0 Å². The number of carbonyl (C=O) groups is 2. The van der Waals surface area contributed by atoms with Crippen LogP contribution in [0.1, 0.15) is 28.4 Å². The number of benzene rings is 2. The maximum Gasteiger partial charge on any atom is 0.257 e. The number of nitrogens with one attached hydrogen (secondary N) is 1. The number of amides is 2. The molecule has 5 nitrogen and oxygen atoms in total. The summed E-state index contributed by atoms with van der Waals surface area (Å²) in [6.45, 7) is 4.99. The molecule has 0 atom stereocenters. The minimum atomic E-state index is -0.576. The van der Waals surface area contributed by atoms with E-state index in [0.29, 0.717) is 13.1 Å². The quantitative estimate of drug-likeness (QED) is 0.834. The van der Waals surface area contributed by atoms with Crippen molar-refractivity contribution in [3.05, 3.63) is 71.0 Å². The fourth-order valence-electron chi connectivity index (χ4n) is 3.28. The monoisotopic (exact) mass is 383 g/mol. The SMILES string of the molecule is CCc1ccc(CN(CC(=O)N2CCNCC2)C(=O)c2ccccc2F)cc1. The standard InChI is InChI=1S/C22H26FN3O2/c1-2-17-7-9-18(10-8-17)15-26(16-21(27)25-13-11-24-12-14-25)22(28)19-5-3-4-6-20(19)23/h3-10,24H,2,11-16H2,1H3. The molecule has 0 aromatic heterocycles. The van der Waals surface area contributed by atoms with Crippen LogP contribution in [-0.4, -0.2) is 54.3 Å². The van der Waals surface area contributed by atoms with Gasteiger partial charge in [-0.15, -0.1) is 0 Å². The van der Waals surface area contributed by atoms with Crippen LogP contribution in [0.4, 0.5) is 4.39 Å². The van der Waals surface area contributed by atoms with Gasteiger partial charge >= 0.3 is 0 Å². The van der Waals surface area contributed by atoms with E-state index < -0.39 is 11.7 Å². The molecule has 0 spiro atoms. The van der Waals surface area contributed by atoms with Crippen molar-refractivity contribution in [2.24, 2.45) is 0 Å². The van der Waals surface area contributed by atoms with E-state index in [0.717, 1.165) is 25.1 Å². The summed E-state index contributed by atoms with van der Waals surface area (Å²) in [5, 5.41) is 3.21. The molecule has 0 aliphatic carbocycles. The summed E-state index contributed by atoms with van der Waals surface area (Å²) < 4.78 is 14.2. The Morgan fingerprint density at radius 3 is 2.32 bits per heavy atom. The van der Waals surface area contributed by atoms with Crippen molar-refractivity contribution >= 4 is 11.8 Å². The van der Waals surface area contributed by atoms with Gasteiger partial charge < -0.3 is 15.1 Å². The van der Waals surface area contributed by atoms with E-state index >= 15 is 0 Å². The Hall–Kier alpha value is -2.73. The molecule has 1 aliphatic heterocycles. The summed E-state index contributed by atoms with van der Waals surface area (Å²) in [4.78, 5) is 28.9. The number of aryl methyl sites for hydroxylation is 1. The van der Waals surface area contributed by atoms with Gasteiger partial charge in [-0.25, -0.2) is 4.39 Å². The van der Waals surface area contributed by atoms with E-state index in [1.807, 2.05) is 24.3 Å². The molecule has 0 saturated carbocycles. The Kier molecular flexibility index (Phi) is 6.76. The number of piperazine rings is 1. The molecule has 3 rings (SSSR count). The molecule has 2 aromatic rings. The highest BCUT2D eigenvalue weighted by Crippen LogP contribution is 2.15. The minimum absolute atomic E-state index is 0.0132. The first-order valence-electron chi connectivity index (χ1n) is 9.68. The summed E-state index contributed by atoms with van der Waals surface area (Å²) in [6, 6.07) is 13.8. The number of carbonyl (C=O) groups excluding carboxylic acids is 2. The van der Waals surface area contributed by atoms with Gasteiger partial charge in [0.25, 0.3) is 5.91 Å². The summed E-state index contributed by atoms with van der Waals surface area (Å²) in [7, 11) is 0. The second-order valence-electron chi connectivity index (χ2n) is 6.94. The second kappa shape index (κ2) is 9.46. The van der Waals surface area contributed by atoms with Gasteiger partial charge in [-0.1, -0.05) is 43.3 Å². The normalized spacial score (nSPS) is 14.0. The van der Waals surface area contributed by atoms with Crippen LogP contribution in [-0.2, 0) is 17.8 Å². The van der Waals surface area contributed by atoms with Crippen LogP contribution in [0.5, 0.6) is 0 Å². The van der Waals surface area contributed by atoms with Crippen LogP contribution in [0, 0.1) is 5.82 Å². The predicted molar refractivity (Wildman–Crippen MR) is 106 cm³/mol. The lowest BCUT2D eigenvalue weighted by atomic mass is 10.1. The average Bonchev–Trinajstić information content (AvgIpc) is 2.74. The van der Waals surface area contributed by atoms with Gasteiger partial charge in [-0.3, -0.25) is 9.59 Å². The first-order valence-corrected chi connectivity index (χ1v) is 9.68. The first kappa shape index (κ1) is 20.0. The molecule has 0 radical (unpaired) electrons. The Balaban J connectivity index is 1.80. The average molecular weight is 383 g/mol. The molecule has 0 bridgehead atoms. The van der Waals surface area contributed by atoms with Crippen molar-refractivity contribution in [1.29, 1.82) is 0 Å². The molecule has 0 unspecified atom stereocenters.